The van der Waals surface area contributed by atoms with Crippen molar-refractivity contribution in [2.24, 2.45) is 0 Å². The molecule has 0 saturated heterocycles. The molecule has 0 fully saturated rings. The molecule has 0 radical (unpaired) electrons. The Hall–Kier alpha value is -1.61. The highest BCUT2D eigenvalue weighted by Crippen LogP contribution is 2.07. The number of allylic oxidation sites excluding steroid dienone is 1. The molecule has 22 heavy (non-hydrogen) atoms. The van der Waals surface area contributed by atoms with Gasteiger partial charge in [0, 0.05) is 25.2 Å². The molecule has 0 aliphatic rings. The third-order valence-corrected chi connectivity index (χ3v) is 3.69. The number of nitrogens with zero attached hydrogens (tertiary/aromatic N) is 2. The summed E-state index contributed by atoms with van der Waals surface area (Å²) in [4.78, 5) is 16.6. The van der Waals surface area contributed by atoms with Crippen molar-refractivity contribution in [1.29, 1.82) is 0 Å². The van der Waals surface area contributed by atoms with Crippen molar-refractivity contribution in [2.45, 2.75) is 33.1 Å². The highest BCUT2D eigenvalue weighted by atomic mass is 16.2. The molecule has 0 unspecified atom stereocenters. The molecular formula is C19H30N2O. The van der Waals surface area contributed by atoms with Gasteiger partial charge in [-0.3, -0.25) is 4.79 Å². The zero-order chi connectivity index (χ0) is 16.4. The first-order valence-corrected chi connectivity index (χ1v) is 8.19. The quantitative estimate of drug-likeness (QED) is 0.653. The minimum Gasteiger partial charge on any atom is -0.338 e. The molecule has 0 bridgehead atoms. The number of hydrogen-bond donors (Lipinski definition) is 0. The lowest BCUT2D eigenvalue weighted by Gasteiger charge is -2.25. The summed E-state index contributed by atoms with van der Waals surface area (Å²) in [7, 11) is 4.09. The van der Waals surface area contributed by atoms with Crippen molar-refractivity contribution in [3.05, 3.63) is 47.5 Å². The Labute approximate surface area is 135 Å². The van der Waals surface area contributed by atoms with Crippen molar-refractivity contribution in [3.8, 4) is 0 Å². The Bertz CT molecular complexity index is 466. The van der Waals surface area contributed by atoms with Gasteiger partial charge in [0.15, 0.2) is 0 Å². The summed E-state index contributed by atoms with van der Waals surface area (Å²) in [6.45, 7) is 6.49. The predicted molar refractivity (Wildman–Crippen MR) is 93.9 cm³/mol. The zero-order valence-corrected chi connectivity index (χ0v) is 14.5. The highest BCUT2D eigenvalue weighted by Gasteiger charge is 2.14. The van der Waals surface area contributed by atoms with Crippen LogP contribution >= 0.6 is 0 Å². The number of carbonyl (C=O) groups excluding carboxylic acids is 1. The summed E-state index contributed by atoms with van der Waals surface area (Å²) in [5.74, 6) is 0.178. The van der Waals surface area contributed by atoms with Gasteiger partial charge in [0.2, 0.25) is 5.91 Å². The highest BCUT2D eigenvalue weighted by molar-refractivity contribution is 5.92. The number of amides is 1. The summed E-state index contributed by atoms with van der Waals surface area (Å²) >= 11 is 0. The van der Waals surface area contributed by atoms with Gasteiger partial charge >= 0.3 is 0 Å². The minimum absolute atomic E-state index is 0.178. The van der Waals surface area contributed by atoms with Gasteiger partial charge in [-0.05, 0) is 45.8 Å². The monoisotopic (exact) mass is 302 g/mol. The van der Waals surface area contributed by atoms with Crippen LogP contribution in [0.25, 0.3) is 0 Å². The van der Waals surface area contributed by atoms with Crippen molar-refractivity contribution in [2.75, 3.05) is 33.7 Å². The normalized spacial score (nSPS) is 11.8. The molecule has 0 aromatic heterocycles. The van der Waals surface area contributed by atoms with Crippen LogP contribution in [0.1, 0.15) is 32.3 Å². The van der Waals surface area contributed by atoms with Gasteiger partial charge in [-0.2, -0.15) is 0 Å². The Morgan fingerprint density at radius 1 is 1.09 bits per heavy atom. The van der Waals surface area contributed by atoms with Crippen molar-refractivity contribution < 1.29 is 4.79 Å². The van der Waals surface area contributed by atoms with E-state index in [1.165, 1.54) is 5.56 Å². The summed E-state index contributed by atoms with van der Waals surface area (Å²) in [6.07, 6.45) is 4.94. The van der Waals surface area contributed by atoms with Crippen LogP contribution in [0.3, 0.4) is 0 Å². The van der Waals surface area contributed by atoms with Gasteiger partial charge in [-0.15, -0.1) is 0 Å². The number of benzene rings is 1. The zero-order valence-electron chi connectivity index (χ0n) is 14.5. The number of likely N-dealkylation sites (N-methyl/N-ethyl adjacent to an activating group) is 1. The van der Waals surface area contributed by atoms with Gasteiger partial charge in [-0.1, -0.05) is 43.3 Å². The first kappa shape index (κ1) is 18.4. The summed E-state index contributed by atoms with van der Waals surface area (Å²) < 4.78 is 0. The molecule has 1 aromatic rings. The van der Waals surface area contributed by atoms with Crippen LogP contribution in [0.5, 0.6) is 0 Å². The SMILES string of the molecule is CCC=C(C)C(=O)N(CCCc1ccccc1)CCN(C)C. The summed E-state index contributed by atoms with van der Waals surface area (Å²) in [6, 6.07) is 10.5. The molecular weight excluding hydrogens is 272 g/mol. The lowest BCUT2D eigenvalue weighted by atomic mass is 10.1. The fourth-order valence-corrected chi connectivity index (χ4v) is 2.40. The molecule has 0 aliphatic carbocycles. The Balaban J connectivity index is 2.57. The van der Waals surface area contributed by atoms with E-state index in [-0.39, 0.29) is 5.91 Å². The van der Waals surface area contributed by atoms with Crippen LogP contribution in [0.4, 0.5) is 0 Å². The second kappa shape index (κ2) is 10.2. The Morgan fingerprint density at radius 3 is 2.36 bits per heavy atom. The fraction of sp³-hybridized carbons (Fsp3) is 0.526. The maximum absolute atomic E-state index is 12.5. The molecule has 0 atom stereocenters. The number of aryl methyl sites for hydroxylation is 1. The molecule has 0 N–H and O–H groups in total. The van der Waals surface area contributed by atoms with Crippen LogP contribution in [0, 0.1) is 0 Å². The second-order valence-corrected chi connectivity index (χ2v) is 5.98. The average Bonchev–Trinajstić information content (AvgIpc) is 2.51. The molecule has 1 amide bonds. The smallest absolute Gasteiger partial charge is 0.249 e. The van der Waals surface area contributed by atoms with Crippen molar-refractivity contribution in [3.63, 3.8) is 0 Å². The van der Waals surface area contributed by atoms with Crippen molar-refractivity contribution in [1.82, 2.24) is 9.80 Å². The topological polar surface area (TPSA) is 23.6 Å². The second-order valence-electron chi connectivity index (χ2n) is 5.98. The van der Waals surface area contributed by atoms with Crippen molar-refractivity contribution >= 4 is 5.91 Å². The van der Waals surface area contributed by atoms with Crippen LogP contribution < -0.4 is 0 Å². The molecule has 0 aliphatic heterocycles. The minimum atomic E-state index is 0.178. The maximum Gasteiger partial charge on any atom is 0.249 e. The van der Waals surface area contributed by atoms with Gasteiger partial charge in [0.1, 0.15) is 0 Å². The molecule has 3 nitrogen and oxygen atoms in total. The van der Waals surface area contributed by atoms with Crippen LogP contribution in [0.2, 0.25) is 0 Å². The lowest BCUT2D eigenvalue weighted by Crippen LogP contribution is -2.38. The Kier molecular flexibility index (Phi) is 8.53. The maximum atomic E-state index is 12.5. The number of hydrogen-bond acceptors (Lipinski definition) is 2. The standard InChI is InChI=1S/C19H30N2O/c1-5-10-17(2)19(22)21(16-15-20(3)4)14-9-13-18-11-7-6-8-12-18/h6-8,10-12H,5,9,13-16H2,1-4H3. The third kappa shape index (κ3) is 6.90. The van der Waals surface area contributed by atoms with E-state index in [0.29, 0.717) is 0 Å². The fourth-order valence-electron chi connectivity index (χ4n) is 2.40. The van der Waals surface area contributed by atoms with E-state index in [1.54, 1.807) is 0 Å². The summed E-state index contributed by atoms with van der Waals surface area (Å²) in [5, 5.41) is 0. The molecule has 3 heteroatoms. The van der Waals surface area contributed by atoms with Gasteiger partial charge in [-0.25, -0.2) is 0 Å². The van der Waals surface area contributed by atoms with E-state index in [2.05, 4.69) is 36.1 Å². The predicted octanol–water partition coefficient (Wildman–Crippen LogP) is 3.37. The first-order valence-electron chi connectivity index (χ1n) is 8.19. The first-order chi connectivity index (χ1) is 10.5. The summed E-state index contributed by atoms with van der Waals surface area (Å²) in [5.41, 5.74) is 2.20. The lowest BCUT2D eigenvalue weighted by molar-refractivity contribution is -0.127. The third-order valence-electron chi connectivity index (χ3n) is 3.69. The molecule has 122 valence electrons. The largest absolute Gasteiger partial charge is 0.338 e. The molecule has 0 heterocycles. The van der Waals surface area contributed by atoms with E-state index in [4.69, 9.17) is 0 Å². The van der Waals surface area contributed by atoms with E-state index >= 15 is 0 Å². The van der Waals surface area contributed by atoms with E-state index in [0.717, 1.165) is 44.5 Å². The molecule has 0 saturated carbocycles. The average molecular weight is 302 g/mol. The van der Waals surface area contributed by atoms with Crippen LogP contribution in [0.15, 0.2) is 42.0 Å². The van der Waals surface area contributed by atoms with Gasteiger partial charge in [0.25, 0.3) is 0 Å². The number of carbonyl (C=O) groups is 1. The van der Waals surface area contributed by atoms with E-state index < -0.39 is 0 Å². The molecule has 1 rings (SSSR count). The number of rotatable bonds is 9. The van der Waals surface area contributed by atoms with Gasteiger partial charge < -0.3 is 9.80 Å². The van der Waals surface area contributed by atoms with E-state index in [9.17, 15) is 4.79 Å². The molecule has 1 aromatic carbocycles. The Morgan fingerprint density at radius 2 is 1.77 bits per heavy atom. The van der Waals surface area contributed by atoms with E-state index in [1.807, 2.05) is 38.1 Å². The van der Waals surface area contributed by atoms with Crippen LogP contribution in [-0.2, 0) is 11.2 Å². The molecule has 0 spiro atoms. The van der Waals surface area contributed by atoms with Crippen LogP contribution in [-0.4, -0.2) is 49.4 Å². The van der Waals surface area contributed by atoms with Gasteiger partial charge in [0.05, 0.1) is 0 Å².